The summed E-state index contributed by atoms with van der Waals surface area (Å²) in [6.45, 7) is 0.891. The Hall–Kier alpha value is -3.09. The Morgan fingerprint density at radius 2 is 2.07 bits per heavy atom. The van der Waals surface area contributed by atoms with Crippen molar-refractivity contribution in [1.82, 2.24) is 15.2 Å². The molecule has 30 heavy (non-hydrogen) atoms. The van der Waals surface area contributed by atoms with Gasteiger partial charge in [-0.1, -0.05) is 31.0 Å². The van der Waals surface area contributed by atoms with E-state index in [0.29, 0.717) is 30.8 Å². The second kappa shape index (κ2) is 7.63. The van der Waals surface area contributed by atoms with Crippen molar-refractivity contribution in [3.8, 4) is 11.6 Å². The van der Waals surface area contributed by atoms with E-state index in [1.54, 1.807) is 6.07 Å². The topological polar surface area (TPSA) is 80.8 Å². The molecule has 2 aliphatic heterocycles. The van der Waals surface area contributed by atoms with Crippen LogP contribution < -0.4 is 14.8 Å². The number of fused-ring (bicyclic) bond motifs is 2. The fraction of sp³-hybridized carbons (Fsp3) is 0.435. The minimum Gasteiger partial charge on any atom is -0.491 e. The molecule has 1 fully saturated rings. The Morgan fingerprint density at radius 1 is 1.27 bits per heavy atom. The summed E-state index contributed by atoms with van der Waals surface area (Å²) in [5.41, 5.74) is 2.56. The van der Waals surface area contributed by atoms with Crippen molar-refractivity contribution >= 4 is 11.8 Å². The SMILES string of the molecule is COc1nc2c(cc1C(=O)NC1COc3ccccc3C1)C(=O)N(C1CCCC1)C2. The standard InChI is InChI=1S/C23H25N3O4/c1-29-22-18(21(27)24-15-10-14-6-2-5-9-20(14)30-13-15)11-17-19(25-22)12-26(23(17)28)16-7-3-4-8-16/h2,5-6,9,11,15-16H,3-4,7-8,10,12-13H2,1H3,(H,24,27). The smallest absolute Gasteiger partial charge is 0.257 e. The van der Waals surface area contributed by atoms with Crippen LogP contribution >= 0.6 is 0 Å². The minimum atomic E-state index is -0.303. The molecule has 1 atom stereocenters. The molecule has 0 spiro atoms. The monoisotopic (exact) mass is 407 g/mol. The first-order chi connectivity index (χ1) is 14.6. The predicted octanol–water partition coefficient (Wildman–Crippen LogP) is 2.72. The van der Waals surface area contributed by atoms with E-state index in [2.05, 4.69) is 10.3 Å². The zero-order valence-electron chi connectivity index (χ0n) is 17.0. The first-order valence-electron chi connectivity index (χ1n) is 10.5. The normalized spacial score (nSPS) is 20.5. The van der Waals surface area contributed by atoms with Crippen LogP contribution in [0.15, 0.2) is 30.3 Å². The highest BCUT2D eigenvalue weighted by Crippen LogP contribution is 2.33. The van der Waals surface area contributed by atoms with E-state index >= 15 is 0 Å². The minimum absolute atomic E-state index is 0.0315. The lowest BCUT2D eigenvalue weighted by molar-refractivity contribution is 0.0706. The maximum atomic E-state index is 13.0. The number of pyridine rings is 1. The van der Waals surface area contributed by atoms with Crippen molar-refractivity contribution < 1.29 is 19.1 Å². The number of carbonyl (C=O) groups excluding carboxylic acids is 2. The molecule has 0 saturated heterocycles. The van der Waals surface area contributed by atoms with Crippen molar-refractivity contribution in [3.05, 3.63) is 52.7 Å². The van der Waals surface area contributed by atoms with Crippen LogP contribution in [-0.2, 0) is 13.0 Å². The number of aromatic nitrogens is 1. The number of methoxy groups -OCH3 is 1. The summed E-state index contributed by atoms with van der Waals surface area (Å²) >= 11 is 0. The van der Waals surface area contributed by atoms with Crippen molar-refractivity contribution in [2.24, 2.45) is 0 Å². The maximum absolute atomic E-state index is 13.0. The molecule has 3 aliphatic rings. The highest BCUT2D eigenvalue weighted by Gasteiger charge is 2.37. The molecule has 1 unspecified atom stereocenters. The van der Waals surface area contributed by atoms with Gasteiger partial charge in [-0.3, -0.25) is 9.59 Å². The Labute approximate surface area is 175 Å². The Bertz CT molecular complexity index is 1000. The number of nitrogens with one attached hydrogen (secondary N) is 1. The van der Waals surface area contributed by atoms with Gasteiger partial charge in [0.15, 0.2) is 0 Å². The van der Waals surface area contributed by atoms with Gasteiger partial charge >= 0.3 is 0 Å². The molecule has 2 aromatic rings. The van der Waals surface area contributed by atoms with Crippen molar-refractivity contribution in [3.63, 3.8) is 0 Å². The van der Waals surface area contributed by atoms with Crippen LogP contribution in [0.1, 0.15) is 57.7 Å². The van der Waals surface area contributed by atoms with E-state index in [0.717, 1.165) is 37.0 Å². The Balaban J connectivity index is 1.36. The van der Waals surface area contributed by atoms with Crippen LogP contribution in [0.3, 0.4) is 0 Å². The molecule has 7 nitrogen and oxygen atoms in total. The highest BCUT2D eigenvalue weighted by atomic mass is 16.5. The molecular formula is C23H25N3O4. The zero-order chi connectivity index (χ0) is 20.7. The van der Waals surface area contributed by atoms with Crippen LogP contribution in [0.4, 0.5) is 0 Å². The number of hydrogen-bond acceptors (Lipinski definition) is 5. The summed E-state index contributed by atoms with van der Waals surface area (Å²) in [6.07, 6.45) is 5.07. The first-order valence-corrected chi connectivity index (χ1v) is 10.5. The van der Waals surface area contributed by atoms with E-state index in [4.69, 9.17) is 9.47 Å². The Morgan fingerprint density at radius 3 is 2.87 bits per heavy atom. The molecule has 5 rings (SSSR count). The van der Waals surface area contributed by atoms with E-state index in [1.165, 1.54) is 7.11 Å². The predicted molar refractivity (Wildman–Crippen MR) is 110 cm³/mol. The van der Waals surface area contributed by atoms with Crippen LogP contribution in [0.5, 0.6) is 11.6 Å². The number of amides is 2. The maximum Gasteiger partial charge on any atom is 0.257 e. The van der Waals surface area contributed by atoms with Gasteiger partial charge in [0.25, 0.3) is 11.8 Å². The summed E-state index contributed by atoms with van der Waals surface area (Å²) in [6, 6.07) is 9.59. The van der Waals surface area contributed by atoms with Gasteiger partial charge in [0.1, 0.15) is 17.9 Å². The molecule has 7 heteroatoms. The molecule has 1 aliphatic carbocycles. The van der Waals surface area contributed by atoms with Crippen LogP contribution in [0.2, 0.25) is 0 Å². The third-order valence-electron chi connectivity index (χ3n) is 6.30. The number of carbonyl (C=O) groups is 2. The molecule has 156 valence electrons. The van der Waals surface area contributed by atoms with E-state index < -0.39 is 0 Å². The fourth-order valence-corrected chi connectivity index (χ4v) is 4.74. The molecular weight excluding hydrogens is 382 g/mol. The molecule has 0 radical (unpaired) electrons. The third kappa shape index (κ3) is 3.28. The lowest BCUT2D eigenvalue weighted by atomic mass is 10.0. The quantitative estimate of drug-likeness (QED) is 0.843. The summed E-state index contributed by atoms with van der Waals surface area (Å²) in [5, 5.41) is 3.01. The number of para-hydroxylation sites is 1. The molecule has 1 N–H and O–H groups in total. The second-order valence-corrected chi connectivity index (χ2v) is 8.20. The van der Waals surface area contributed by atoms with E-state index in [-0.39, 0.29) is 35.3 Å². The summed E-state index contributed by atoms with van der Waals surface area (Å²) in [4.78, 5) is 32.4. The summed E-state index contributed by atoms with van der Waals surface area (Å²) in [5.74, 6) is 0.778. The Kier molecular flexibility index (Phi) is 4.81. The number of rotatable bonds is 4. The van der Waals surface area contributed by atoms with E-state index in [1.807, 2.05) is 29.2 Å². The molecule has 0 bridgehead atoms. The van der Waals surface area contributed by atoms with Gasteiger partial charge in [-0.05, 0) is 37.0 Å². The number of hydrogen-bond donors (Lipinski definition) is 1. The van der Waals surface area contributed by atoms with Crippen molar-refractivity contribution in [1.29, 1.82) is 0 Å². The van der Waals surface area contributed by atoms with Gasteiger partial charge in [0.05, 0.1) is 31.0 Å². The molecule has 1 saturated carbocycles. The molecule has 2 amide bonds. The van der Waals surface area contributed by atoms with Crippen LogP contribution in [0.25, 0.3) is 0 Å². The van der Waals surface area contributed by atoms with Crippen molar-refractivity contribution in [2.75, 3.05) is 13.7 Å². The molecule has 1 aromatic carbocycles. The van der Waals surface area contributed by atoms with E-state index in [9.17, 15) is 9.59 Å². The van der Waals surface area contributed by atoms with Gasteiger partial charge in [-0.15, -0.1) is 0 Å². The largest absolute Gasteiger partial charge is 0.491 e. The van der Waals surface area contributed by atoms with Gasteiger partial charge in [-0.2, -0.15) is 0 Å². The lowest BCUT2D eigenvalue weighted by Gasteiger charge is -2.26. The fourth-order valence-electron chi connectivity index (χ4n) is 4.74. The summed E-state index contributed by atoms with van der Waals surface area (Å²) in [7, 11) is 1.50. The zero-order valence-corrected chi connectivity index (χ0v) is 17.0. The average Bonchev–Trinajstić information content (AvgIpc) is 3.41. The third-order valence-corrected chi connectivity index (χ3v) is 6.30. The lowest BCUT2D eigenvalue weighted by Crippen LogP contribution is -2.42. The number of nitrogens with zero attached hydrogens (tertiary/aromatic N) is 2. The average molecular weight is 407 g/mol. The van der Waals surface area contributed by atoms with Crippen LogP contribution in [0, 0.1) is 0 Å². The molecule has 1 aromatic heterocycles. The van der Waals surface area contributed by atoms with Gasteiger partial charge < -0.3 is 19.7 Å². The number of ether oxygens (including phenoxy) is 2. The second-order valence-electron chi connectivity index (χ2n) is 8.20. The first kappa shape index (κ1) is 18.9. The van der Waals surface area contributed by atoms with Gasteiger partial charge in [0.2, 0.25) is 5.88 Å². The highest BCUT2D eigenvalue weighted by molar-refractivity contribution is 6.03. The summed E-state index contributed by atoms with van der Waals surface area (Å²) < 4.78 is 11.2. The van der Waals surface area contributed by atoms with Gasteiger partial charge in [-0.25, -0.2) is 4.98 Å². The van der Waals surface area contributed by atoms with Gasteiger partial charge in [0, 0.05) is 6.04 Å². The van der Waals surface area contributed by atoms with Crippen molar-refractivity contribution in [2.45, 2.75) is 50.7 Å². The number of benzene rings is 1. The van der Waals surface area contributed by atoms with Crippen LogP contribution in [-0.4, -0.2) is 47.5 Å². The molecule has 3 heterocycles.